The predicted molar refractivity (Wildman–Crippen MR) is 42.0 cm³/mol. The van der Waals surface area contributed by atoms with Crippen molar-refractivity contribution in [3.05, 3.63) is 0 Å². The minimum absolute atomic E-state index is 0.781. The molecule has 2 aliphatic rings. The lowest BCUT2D eigenvalue weighted by atomic mass is 10.1. The molecule has 0 amide bonds. The number of nitrogens with one attached hydrogen (secondary N) is 2. The molecule has 0 unspecified atom stereocenters. The molecule has 0 aromatic heterocycles. The molecule has 2 fully saturated rings. The summed E-state index contributed by atoms with van der Waals surface area (Å²) in [5.74, 6) is 0. The molecule has 0 aliphatic carbocycles. The van der Waals surface area contributed by atoms with Gasteiger partial charge < -0.3 is 10.6 Å². The molecule has 2 bridgehead atoms. The summed E-state index contributed by atoms with van der Waals surface area (Å²) in [4.78, 5) is 0. The number of fused-ring (bicyclic) bond motifs is 2. The van der Waals surface area contributed by atoms with Gasteiger partial charge in [0.2, 0.25) is 0 Å². The summed E-state index contributed by atoms with van der Waals surface area (Å²) >= 11 is 0. The van der Waals surface area contributed by atoms with E-state index in [2.05, 4.69) is 17.6 Å². The molecule has 2 saturated heterocycles. The summed E-state index contributed by atoms with van der Waals surface area (Å²) < 4.78 is 0. The zero-order chi connectivity index (χ0) is 6.97. The van der Waals surface area contributed by atoms with Crippen LogP contribution in [0.4, 0.5) is 0 Å². The largest absolute Gasteiger partial charge is 0.311 e. The summed E-state index contributed by atoms with van der Waals surface area (Å²) in [7, 11) is 0. The van der Waals surface area contributed by atoms with E-state index in [0.29, 0.717) is 0 Å². The van der Waals surface area contributed by atoms with Crippen LogP contribution in [0.2, 0.25) is 0 Å². The van der Waals surface area contributed by atoms with Crippen molar-refractivity contribution in [2.24, 2.45) is 0 Å². The van der Waals surface area contributed by atoms with E-state index in [4.69, 9.17) is 0 Å². The van der Waals surface area contributed by atoms with Crippen LogP contribution in [0.1, 0.15) is 26.2 Å². The van der Waals surface area contributed by atoms with Gasteiger partial charge in [-0.25, -0.2) is 0 Å². The lowest BCUT2D eigenvalue weighted by molar-refractivity contribution is 0.389. The highest BCUT2D eigenvalue weighted by molar-refractivity contribution is 5.01. The molecule has 58 valence electrons. The molecule has 2 aliphatic heterocycles. The van der Waals surface area contributed by atoms with Crippen molar-refractivity contribution >= 4 is 0 Å². The highest BCUT2D eigenvalue weighted by atomic mass is 15.2. The Kier molecular flexibility index (Phi) is 1.66. The smallest absolute Gasteiger partial charge is 0.0237 e. The fraction of sp³-hybridized carbons (Fsp3) is 1.00. The maximum Gasteiger partial charge on any atom is 0.0237 e. The van der Waals surface area contributed by atoms with Crippen molar-refractivity contribution in [3.8, 4) is 0 Å². The molecule has 2 heterocycles. The summed E-state index contributed by atoms with van der Waals surface area (Å²) in [6.45, 7) is 3.46. The minimum atomic E-state index is 0.781. The maximum atomic E-state index is 3.63. The third-order valence-electron chi connectivity index (χ3n) is 2.70. The Labute approximate surface area is 62.4 Å². The van der Waals surface area contributed by atoms with E-state index >= 15 is 0 Å². The van der Waals surface area contributed by atoms with Crippen LogP contribution in [0.15, 0.2) is 0 Å². The Morgan fingerprint density at radius 2 is 2.40 bits per heavy atom. The number of hydrogen-bond donors (Lipinski definition) is 2. The Bertz CT molecular complexity index is 124. The quantitative estimate of drug-likeness (QED) is 0.583. The second-order valence-electron chi connectivity index (χ2n) is 3.51. The van der Waals surface area contributed by atoms with E-state index in [-0.39, 0.29) is 0 Å². The zero-order valence-electron chi connectivity index (χ0n) is 6.56. The molecule has 0 radical (unpaired) electrons. The molecule has 2 N–H and O–H groups in total. The van der Waals surface area contributed by atoms with Gasteiger partial charge in [0, 0.05) is 24.7 Å². The van der Waals surface area contributed by atoms with Gasteiger partial charge in [-0.2, -0.15) is 0 Å². The second-order valence-corrected chi connectivity index (χ2v) is 3.51. The zero-order valence-corrected chi connectivity index (χ0v) is 6.56. The number of rotatable bonds is 2. The van der Waals surface area contributed by atoms with Crippen LogP contribution in [0.3, 0.4) is 0 Å². The van der Waals surface area contributed by atoms with Crippen LogP contribution in [0, 0.1) is 0 Å². The standard InChI is InChI=1S/C8H16N2/c1-2-3-7-8-4-6(10-7)5-9-8/h6-10H,2-5H2,1H3/t6-,7-,8-/m1/s1. The molecular weight excluding hydrogens is 124 g/mol. The number of hydrogen-bond acceptors (Lipinski definition) is 2. The van der Waals surface area contributed by atoms with Crippen molar-refractivity contribution in [3.63, 3.8) is 0 Å². The van der Waals surface area contributed by atoms with E-state index in [1.165, 1.54) is 25.8 Å². The molecular formula is C8H16N2. The summed E-state index contributed by atoms with van der Waals surface area (Å²) in [6, 6.07) is 2.37. The van der Waals surface area contributed by atoms with Gasteiger partial charge in [0.05, 0.1) is 0 Å². The molecule has 2 rings (SSSR count). The third kappa shape index (κ3) is 0.956. The first-order valence-corrected chi connectivity index (χ1v) is 4.39. The molecule has 10 heavy (non-hydrogen) atoms. The van der Waals surface area contributed by atoms with Crippen LogP contribution < -0.4 is 10.6 Å². The Balaban J connectivity index is 1.90. The van der Waals surface area contributed by atoms with Crippen molar-refractivity contribution in [1.29, 1.82) is 0 Å². The highest BCUT2D eigenvalue weighted by Crippen LogP contribution is 2.21. The minimum Gasteiger partial charge on any atom is -0.311 e. The molecule has 0 saturated carbocycles. The van der Waals surface area contributed by atoms with Crippen LogP contribution in [0.25, 0.3) is 0 Å². The van der Waals surface area contributed by atoms with Gasteiger partial charge in [0.25, 0.3) is 0 Å². The van der Waals surface area contributed by atoms with Gasteiger partial charge >= 0.3 is 0 Å². The van der Waals surface area contributed by atoms with Crippen LogP contribution in [0.5, 0.6) is 0 Å². The third-order valence-corrected chi connectivity index (χ3v) is 2.70. The summed E-state index contributed by atoms with van der Waals surface area (Å²) in [5.41, 5.74) is 0. The first kappa shape index (κ1) is 6.62. The SMILES string of the molecule is CCC[C@H]1N[C@H]2CN[C@@H]1C2. The fourth-order valence-corrected chi connectivity index (χ4v) is 2.21. The molecule has 3 atom stereocenters. The first-order chi connectivity index (χ1) is 4.90. The van der Waals surface area contributed by atoms with Gasteiger partial charge in [0.15, 0.2) is 0 Å². The van der Waals surface area contributed by atoms with E-state index in [9.17, 15) is 0 Å². The first-order valence-electron chi connectivity index (χ1n) is 4.39. The molecule has 2 heteroatoms. The normalized spacial score (nSPS) is 44.7. The van der Waals surface area contributed by atoms with Gasteiger partial charge in [-0.15, -0.1) is 0 Å². The van der Waals surface area contributed by atoms with Gasteiger partial charge in [0.1, 0.15) is 0 Å². The van der Waals surface area contributed by atoms with Crippen molar-refractivity contribution in [1.82, 2.24) is 10.6 Å². The van der Waals surface area contributed by atoms with Crippen molar-refractivity contribution in [2.75, 3.05) is 6.54 Å². The Morgan fingerprint density at radius 3 is 2.90 bits per heavy atom. The monoisotopic (exact) mass is 140 g/mol. The lowest BCUT2D eigenvalue weighted by Gasteiger charge is -2.23. The summed E-state index contributed by atoms with van der Waals surface area (Å²) in [6.07, 6.45) is 4.02. The molecule has 0 aromatic rings. The van der Waals surface area contributed by atoms with E-state index in [1.807, 2.05) is 0 Å². The Morgan fingerprint density at radius 1 is 1.50 bits per heavy atom. The van der Waals surface area contributed by atoms with Gasteiger partial charge in [-0.05, 0) is 12.8 Å². The van der Waals surface area contributed by atoms with E-state index < -0.39 is 0 Å². The van der Waals surface area contributed by atoms with Crippen molar-refractivity contribution < 1.29 is 0 Å². The highest BCUT2D eigenvalue weighted by Gasteiger charge is 2.37. The Hall–Kier alpha value is -0.0800. The van der Waals surface area contributed by atoms with Crippen LogP contribution >= 0.6 is 0 Å². The molecule has 0 spiro atoms. The molecule has 2 nitrogen and oxygen atoms in total. The van der Waals surface area contributed by atoms with Gasteiger partial charge in [-0.3, -0.25) is 0 Å². The lowest BCUT2D eigenvalue weighted by Crippen LogP contribution is -2.48. The van der Waals surface area contributed by atoms with Crippen LogP contribution in [-0.2, 0) is 0 Å². The second kappa shape index (κ2) is 2.51. The average molecular weight is 140 g/mol. The fourth-order valence-electron chi connectivity index (χ4n) is 2.21. The topological polar surface area (TPSA) is 24.1 Å². The maximum absolute atomic E-state index is 3.63. The summed E-state index contributed by atoms with van der Waals surface area (Å²) in [5, 5.41) is 7.16. The number of piperazine rings is 1. The molecule has 0 aromatic carbocycles. The van der Waals surface area contributed by atoms with Gasteiger partial charge in [-0.1, -0.05) is 13.3 Å². The van der Waals surface area contributed by atoms with Crippen LogP contribution in [-0.4, -0.2) is 24.7 Å². The predicted octanol–water partition coefficient (Wildman–Crippen LogP) is 0.489. The van der Waals surface area contributed by atoms with E-state index in [0.717, 1.165) is 18.1 Å². The van der Waals surface area contributed by atoms with E-state index in [1.54, 1.807) is 0 Å². The average Bonchev–Trinajstić information content (AvgIpc) is 2.48. The van der Waals surface area contributed by atoms with Crippen molar-refractivity contribution in [2.45, 2.75) is 44.3 Å².